The summed E-state index contributed by atoms with van der Waals surface area (Å²) in [6, 6.07) is 13.7. The van der Waals surface area contributed by atoms with Gasteiger partial charge in [-0.1, -0.05) is 30.1 Å². The Balaban J connectivity index is 0.000000134. The monoisotopic (exact) mass is 993 g/mol. The highest BCUT2D eigenvalue weighted by Gasteiger charge is 2.38. The average Bonchev–Trinajstić information content (AvgIpc) is 4.16. The van der Waals surface area contributed by atoms with Gasteiger partial charge in [0.1, 0.15) is 11.0 Å². The first-order valence-electron chi connectivity index (χ1n) is 22.7. The second-order valence-electron chi connectivity index (χ2n) is 18.0. The number of anilines is 1. The third kappa shape index (κ3) is 10.4. The zero-order valence-corrected chi connectivity index (χ0v) is 41.0. The third-order valence-corrected chi connectivity index (χ3v) is 13.2. The summed E-state index contributed by atoms with van der Waals surface area (Å²) in [7, 11) is 0. The first-order chi connectivity index (χ1) is 31.8. The third-order valence-electron chi connectivity index (χ3n) is 12.6. The van der Waals surface area contributed by atoms with E-state index in [0.717, 1.165) is 74.6 Å². The Kier molecular flexibility index (Phi) is 14.7. The molecule has 0 aliphatic heterocycles. The van der Waals surface area contributed by atoms with Crippen molar-refractivity contribution in [3.05, 3.63) is 97.5 Å². The molecule has 67 heavy (non-hydrogen) atoms. The van der Waals surface area contributed by atoms with Gasteiger partial charge in [0, 0.05) is 95.3 Å². The molecule has 0 unspecified atom stereocenters. The number of aromatic nitrogens is 10. The van der Waals surface area contributed by atoms with E-state index in [1.165, 1.54) is 0 Å². The van der Waals surface area contributed by atoms with Gasteiger partial charge in [0.25, 0.3) is 11.4 Å². The van der Waals surface area contributed by atoms with Gasteiger partial charge in [-0.15, -0.1) is 12.4 Å². The van der Waals surface area contributed by atoms with Gasteiger partial charge >= 0.3 is 11.4 Å². The number of nitrogens with zero attached hydrogens (tertiary/aromatic N) is 11. The van der Waals surface area contributed by atoms with E-state index < -0.39 is 0 Å². The second-order valence-corrected chi connectivity index (χ2v) is 19.2. The number of fused-ring (bicyclic) bond motifs is 4. The van der Waals surface area contributed by atoms with Gasteiger partial charge in [-0.2, -0.15) is 9.97 Å². The predicted octanol–water partition coefficient (Wildman–Crippen LogP) is 9.81. The van der Waals surface area contributed by atoms with E-state index >= 15 is 0 Å². The number of benzene rings is 2. The Morgan fingerprint density at radius 3 is 1.48 bits per heavy atom. The largest absolute Gasteiger partial charge is 0.428 e. The molecule has 0 saturated heterocycles. The molecule has 0 radical (unpaired) electrons. The zero-order valence-electron chi connectivity index (χ0n) is 37.9. The standard InChI is InChI=1S/C19H17ClN6O2.C12H15N5O.C8H19N.C7H3Cl2NO.ClH/c20-10-1-4-14-15(7-10)28-18(24-14)23-11-8-13(9-11)26-17-16(21-5-6-22-17)25(19(26)27)12-2-3-12;13-7-5-9(6-7)17-11-10(14-3-4-15-11)16(12(17)18)8-1-2-8;1-6-9(7(2)3)8(4)5;8-4-1-2-5-6(3-4)11-7(9)10-5;/h1,4-7,11-13H,2-3,8-9H2,(H,23,24);3-4,7-9H,1-2,5-6,13H2;7-8H,6H2,1-5H3;1-3H;1H. The molecule has 0 amide bonds. The molecule has 0 bridgehead atoms. The molecule has 17 nitrogen and oxygen atoms in total. The highest BCUT2D eigenvalue weighted by molar-refractivity contribution is 6.31. The number of nitrogens with two attached hydrogens (primary N) is 1. The quantitative estimate of drug-likeness (QED) is 0.139. The maximum atomic E-state index is 13.0. The van der Waals surface area contributed by atoms with Crippen LogP contribution in [0.1, 0.15) is 110 Å². The molecule has 21 heteroatoms. The van der Waals surface area contributed by atoms with Crippen LogP contribution in [-0.4, -0.2) is 83.8 Å². The molecule has 3 N–H and O–H groups in total. The number of rotatable bonds is 9. The molecule has 2 aromatic carbocycles. The first kappa shape index (κ1) is 48.4. The van der Waals surface area contributed by atoms with Crippen molar-refractivity contribution in [1.82, 2.24) is 53.1 Å². The maximum Gasteiger partial charge on any atom is 0.332 e. The van der Waals surface area contributed by atoms with Crippen LogP contribution in [0.5, 0.6) is 0 Å². The van der Waals surface area contributed by atoms with Crippen LogP contribution in [0.4, 0.5) is 6.01 Å². The van der Waals surface area contributed by atoms with Crippen molar-refractivity contribution in [2.45, 2.75) is 134 Å². The SMILES string of the molecule is CCN(C(C)C)C(C)C.Cl.Clc1ccc2nc(Cl)oc2c1.NC1CC(n2c(=O)n(C3CC3)c3nccnc32)C1.O=c1n(C2CC2)c2nccnc2n1C1CC(Nc2nc3ccc(Cl)cc3o2)C1. The van der Waals surface area contributed by atoms with E-state index in [2.05, 4.69) is 74.7 Å². The summed E-state index contributed by atoms with van der Waals surface area (Å²) in [6.45, 7) is 12.3. The lowest BCUT2D eigenvalue weighted by Gasteiger charge is -2.35. The summed E-state index contributed by atoms with van der Waals surface area (Å²) in [4.78, 5) is 53.8. The number of nitrogens with one attached hydrogen (secondary N) is 1. The molecular weight excluding hydrogens is 940 g/mol. The molecule has 356 valence electrons. The van der Waals surface area contributed by atoms with Gasteiger partial charge < -0.3 is 19.9 Å². The van der Waals surface area contributed by atoms with Crippen LogP contribution in [0.25, 0.3) is 44.8 Å². The molecule has 12 rings (SSSR count). The van der Waals surface area contributed by atoms with Crippen molar-refractivity contribution in [3.8, 4) is 0 Å². The second kappa shape index (κ2) is 20.3. The smallest absolute Gasteiger partial charge is 0.332 e. The number of oxazole rings is 2. The Bertz CT molecular complexity index is 3090. The van der Waals surface area contributed by atoms with Crippen molar-refractivity contribution in [2.75, 3.05) is 11.9 Å². The van der Waals surface area contributed by atoms with Crippen LogP contribution in [0.3, 0.4) is 0 Å². The van der Waals surface area contributed by atoms with Gasteiger partial charge in [0.2, 0.25) is 0 Å². The van der Waals surface area contributed by atoms with E-state index in [4.69, 9.17) is 49.4 Å². The van der Waals surface area contributed by atoms with Crippen molar-refractivity contribution in [3.63, 3.8) is 0 Å². The molecular formula is C46H55Cl4N13O4. The lowest BCUT2D eigenvalue weighted by molar-refractivity contribution is 0.185. The molecule has 4 aliphatic rings. The van der Waals surface area contributed by atoms with Gasteiger partial charge in [-0.25, -0.2) is 29.5 Å². The van der Waals surface area contributed by atoms with E-state index in [-0.39, 0.29) is 59.3 Å². The van der Waals surface area contributed by atoms with Crippen LogP contribution in [0, 0.1) is 0 Å². The number of hydrogen-bond donors (Lipinski definition) is 2. The lowest BCUT2D eigenvalue weighted by atomic mass is 9.86. The topological polar surface area (TPSA) is 199 Å². The van der Waals surface area contributed by atoms with Crippen LogP contribution >= 0.6 is 47.2 Å². The molecule has 4 saturated carbocycles. The lowest BCUT2D eigenvalue weighted by Crippen LogP contribution is -2.41. The Morgan fingerprint density at radius 2 is 1.07 bits per heavy atom. The van der Waals surface area contributed by atoms with E-state index in [0.29, 0.717) is 62.3 Å². The highest BCUT2D eigenvalue weighted by atomic mass is 35.5. The van der Waals surface area contributed by atoms with Gasteiger partial charge in [-0.05, 0) is 121 Å². The fourth-order valence-electron chi connectivity index (χ4n) is 8.99. The van der Waals surface area contributed by atoms with E-state index in [9.17, 15) is 9.59 Å². The maximum absolute atomic E-state index is 13.0. The summed E-state index contributed by atoms with van der Waals surface area (Å²) in [6.07, 6.45) is 14.1. The Morgan fingerprint density at radius 1 is 0.657 bits per heavy atom. The van der Waals surface area contributed by atoms with E-state index in [1.807, 2.05) is 19.8 Å². The van der Waals surface area contributed by atoms with Gasteiger partial charge in [0.05, 0.1) is 0 Å². The summed E-state index contributed by atoms with van der Waals surface area (Å²) < 4.78 is 18.0. The number of imidazole rings is 2. The van der Waals surface area contributed by atoms with Crippen LogP contribution in [0.2, 0.25) is 15.4 Å². The van der Waals surface area contributed by atoms with Crippen molar-refractivity contribution in [2.24, 2.45) is 5.73 Å². The van der Waals surface area contributed by atoms with Gasteiger partial charge in [-0.3, -0.25) is 23.2 Å². The molecule has 0 atom stereocenters. The molecule has 0 spiro atoms. The minimum Gasteiger partial charge on any atom is -0.428 e. The normalized spacial score (nSPS) is 19.9. The fraction of sp³-hybridized carbons (Fsp3) is 0.478. The number of halogens is 4. The minimum atomic E-state index is 0. The first-order valence-corrected chi connectivity index (χ1v) is 23.8. The molecule has 4 aliphatic carbocycles. The summed E-state index contributed by atoms with van der Waals surface area (Å²) in [5.41, 5.74) is 11.4. The van der Waals surface area contributed by atoms with E-state index in [1.54, 1.807) is 59.7 Å². The van der Waals surface area contributed by atoms with Crippen LogP contribution < -0.4 is 22.4 Å². The predicted molar refractivity (Wildman–Crippen MR) is 265 cm³/mol. The summed E-state index contributed by atoms with van der Waals surface area (Å²) >= 11 is 17.2. The summed E-state index contributed by atoms with van der Waals surface area (Å²) in [5.74, 6) is 0. The van der Waals surface area contributed by atoms with Crippen LogP contribution in [-0.2, 0) is 0 Å². The fourth-order valence-corrected chi connectivity index (χ4v) is 9.49. The summed E-state index contributed by atoms with van der Waals surface area (Å²) in [5, 5.41) is 4.69. The van der Waals surface area contributed by atoms with Crippen LogP contribution in [0.15, 0.2) is 79.6 Å². The minimum absolute atomic E-state index is 0. The molecule has 6 heterocycles. The van der Waals surface area contributed by atoms with Crippen molar-refractivity contribution >= 4 is 98.0 Å². The molecule has 4 fully saturated rings. The molecule has 8 aromatic rings. The van der Waals surface area contributed by atoms with Gasteiger partial charge in [0.15, 0.2) is 33.8 Å². The molecule has 6 aromatic heterocycles. The zero-order chi connectivity index (χ0) is 46.4. The Labute approximate surface area is 407 Å². The van der Waals surface area contributed by atoms with Crippen molar-refractivity contribution < 1.29 is 8.83 Å². The number of hydrogen-bond acceptors (Lipinski definition) is 13. The Hall–Kier alpha value is -5.04. The average molecular weight is 996 g/mol. The highest BCUT2D eigenvalue weighted by Crippen LogP contribution is 2.40. The van der Waals surface area contributed by atoms with Crippen molar-refractivity contribution in [1.29, 1.82) is 0 Å².